The number of amides is 1. The van der Waals surface area contributed by atoms with E-state index in [-0.39, 0.29) is 6.04 Å². The van der Waals surface area contributed by atoms with E-state index < -0.39 is 17.7 Å². The largest absolute Gasteiger partial charge is 0.464 e. The van der Waals surface area contributed by atoms with Gasteiger partial charge >= 0.3 is 12.1 Å². The van der Waals surface area contributed by atoms with Gasteiger partial charge in [0.1, 0.15) is 11.3 Å². The first-order chi connectivity index (χ1) is 9.56. The van der Waals surface area contributed by atoms with E-state index >= 15 is 0 Å². The molecule has 1 heterocycles. The van der Waals surface area contributed by atoms with Crippen LogP contribution >= 0.6 is 0 Å². The first-order valence-corrected chi connectivity index (χ1v) is 6.65. The zero-order valence-corrected chi connectivity index (χ0v) is 13.6. The Bertz CT molecular complexity index is 531. The number of carbonyl (C=O) groups is 2. The van der Waals surface area contributed by atoms with E-state index in [2.05, 4.69) is 9.84 Å². The van der Waals surface area contributed by atoms with Gasteiger partial charge in [0.2, 0.25) is 0 Å². The van der Waals surface area contributed by atoms with Gasteiger partial charge in [-0.15, -0.1) is 0 Å². The molecule has 1 rings (SSSR count). The Morgan fingerprint density at radius 1 is 1.38 bits per heavy atom. The summed E-state index contributed by atoms with van der Waals surface area (Å²) in [4.78, 5) is 25.0. The SMILES string of the molecule is COC(=O)c1cc(C(C)N(C)C(=O)OC(C)(C)C)nn1C. The molecule has 1 aromatic rings. The Balaban J connectivity index is 2.91. The second kappa shape index (κ2) is 6.15. The average Bonchev–Trinajstić information content (AvgIpc) is 2.76. The van der Waals surface area contributed by atoms with Gasteiger partial charge in [-0.2, -0.15) is 5.10 Å². The molecule has 7 heteroatoms. The van der Waals surface area contributed by atoms with Crippen molar-refractivity contribution in [2.75, 3.05) is 14.2 Å². The monoisotopic (exact) mass is 297 g/mol. The van der Waals surface area contributed by atoms with Gasteiger partial charge in [-0.3, -0.25) is 4.68 Å². The number of nitrogens with zero attached hydrogens (tertiary/aromatic N) is 3. The lowest BCUT2D eigenvalue weighted by Gasteiger charge is -2.27. The minimum absolute atomic E-state index is 0.329. The summed E-state index contributed by atoms with van der Waals surface area (Å²) in [6.07, 6.45) is -0.444. The second-order valence-corrected chi connectivity index (χ2v) is 5.84. The fourth-order valence-electron chi connectivity index (χ4n) is 1.68. The van der Waals surface area contributed by atoms with Gasteiger partial charge in [0.25, 0.3) is 0 Å². The molecule has 7 nitrogen and oxygen atoms in total. The number of aromatic nitrogens is 2. The highest BCUT2D eigenvalue weighted by Crippen LogP contribution is 2.21. The lowest BCUT2D eigenvalue weighted by atomic mass is 10.2. The van der Waals surface area contributed by atoms with E-state index in [1.165, 1.54) is 16.7 Å². The topological polar surface area (TPSA) is 73.7 Å². The summed E-state index contributed by atoms with van der Waals surface area (Å²) in [5.41, 5.74) is 0.356. The maximum atomic E-state index is 12.0. The molecular weight excluding hydrogens is 274 g/mol. The number of ether oxygens (including phenoxy) is 2. The Kier molecular flexibility index (Phi) is 4.98. The van der Waals surface area contributed by atoms with Crippen molar-refractivity contribution in [2.45, 2.75) is 39.3 Å². The quantitative estimate of drug-likeness (QED) is 0.799. The summed E-state index contributed by atoms with van der Waals surface area (Å²) in [5, 5.41) is 4.25. The Morgan fingerprint density at radius 2 is 1.95 bits per heavy atom. The smallest absolute Gasteiger partial charge is 0.410 e. The number of aryl methyl sites for hydroxylation is 1. The maximum Gasteiger partial charge on any atom is 0.410 e. The molecule has 118 valence electrons. The van der Waals surface area contributed by atoms with E-state index in [1.807, 2.05) is 6.92 Å². The van der Waals surface area contributed by atoms with Gasteiger partial charge in [-0.1, -0.05) is 0 Å². The zero-order chi connectivity index (χ0) is 16.4. The van der Waals surface area contributed by atoms with Crippen LogP contribution in [0.2, 0.25) is 0 Å². The summed E-state index contributed by atoms with van der Waals surface area (Å²) in [7, 11) is 4.59. The van der Waals surface area contributed by atoms with Crippen LogP contribution in [0.5, 0.6) is 0 Å². The van der Waals surface area contributed by atoms with Crippen LogP contribution in [0.25, 0.3) is 0 Å². The molecule has 1 atom stereocenters. The van der Waals surface area contributed by atoms with Gasteiger partial charge in [0.05, 0.1) is 18.8 Å². The van der Waals surface area contributed by atoms with Crippen LogP contribution in [0.3, 0.4) is 0 Å². The maximum absolute atomic E-state index is 12.0. The van der Waals surface area contributed by atoms with E-state index in [0.29, 0.717) is 11.4 Å². The van der Waals surface area contributed by atoms with Crippen LogP contribution < -0.4 is 0 Å². The summed E-state index contributed by atoms with van der Waals surface area (Å²) in [6, 6.07) is 1.28. The van der Waals surface area contributed by atoms with Crippen molar-refractivity contribution in [2.24, 2.45) is 7.05 Å². The zero-order valence-electron chi connectivity index (χ0n) is 13.6. The molecule has 0 radical (unpaired) electrons. The predicted octanol–water partition coefficient (Wildman–Crippen LogP) is 2.13. The summed E-state index contributed by atoms with van der Waals surface area (Å²) < 4.78 is 11.4. The molecule has 0 aliphatic rings. The van der Waals surface area contributed by atoms with Crippen molar-refractivity contribution in [3.8, 4) is 0 Å². The van der Waals surface area contributed by atoms with Gasteiger partial charge < -0.3 is 14.4 Å². The molecule has 0 N–H and O–H groups in total. The highest BCUT2D eigenvalue weighted by molar-refractivity contribution is 5.87. The minimum atomic E-state index is -0.563. The van der Waals surface area contributed by atoms with Crippen LogP contribution in [0.15, 0.2) is 6.07 Å². The van der Waals surface area contributed by atoms with Crippen LogP contribution in [0.4, 0.5) is 4.79 Å². The molecule has 0 saturated carbocycles. The molecule has 0 aliphatic carbocycles. The number of methoxy groups -OCH3 is 1. The molecule has 1 aromatic heterocycles. The average molecular weight is 297 g/mol. The van der Waals surface area contributed by atoms with Crippen molar-refractivity contribution in [1.29, 1.82) is 0 Å². The van der Waals surface area contributed by atoms with Crippen LogP contribution in [-0.4, -0.2) is 46.5 Å². The minimum Gasteiger partial charge on any atom is -0.464 e. The number of esters is 1. The molecule has 0 saturated heterocycles. The third kappa shape index (κ3) is 4.21. The molecule has 1 amide bonds. The number of hydrogen-bond acceptors (Lipinski definition) is 5. The highest BCUT2D eigenvalue weighted by Gasteiger charge is 2.26. The first-order valence-electron chi connectivity index (χ1n) is 6.65. The van der Waals surface area contributed by atoms with Crippen LogP contribution in [-0.2, 0) is 16.5 Å². The molecule has 0 aromatic carbocycles. The van der Waals surface area contributed by atoms with Gasteiger partial charge in [-0.25, -0.2) is 9.59 Å². The summed E-state index contributed by atoms with van der Waals surface area (Å²) in [6.45, 7) is 7.23. The van der Waals surface area contributed by atoms with E-state index in [9.17, 15) is 9.59 Å². The van der Waals surface area contributed by atoms with Crippen molar-refractivity contribution in [1.82, 2.24) is 14.7 Å². The summed E-state index contributed by atoms with van der Waals surface area (Å²) in [5.74, 6) is -0.469. The molecule has 21 heavy (non-hydrogen) atoms. The highest BCUT2D eigenvalue weighted by atomic mass is 16.6. The third-order valence-electron chi connectivity index (χ3n) is 2.98. The summed E-state index contributed by atoms with van der Waals surface area (Å²) >= 11 is 0. The molecule has 0 aliphatic heterocycles. The molecule has 0 spiro atoms. The first kappa shape index (κ1) is 17.0. The number of hydrogen-bond donors (Lipinski definition) is 0. The van der Waals surface area contributed by atoms with Crippen molar-refractivity contribution in [3.05, 3.63) is 17.5 Å². The molecule has 0 bridgehead atoms. The van der Waals surface area contributed by atoms with E-state index in [4.69, 9.17) is 4.74 Å². The Morgan fingerprint density at radius 3 is 2.43 bits per heavy atom. The molecule has 0 fully saturated rings. The lowest BCUT2D eigenvalue weighted by Crippen LogP contribution is -2.35. The van der Waals surface area contributed by atoms with Crippen LogP contribution in [0, 0.1) is 0 Å². The third-order valence-corrected chi connectivity index (χ3v) is 2.98. The van der Waals surface area contributed by atoms with E-state index in [0.717, 1.165) is 0 Å². The molecule has 1 unspecified atom stereocenters. The van der Waals surface area contributed by atoms with Gasteiger partial charge in [0.15, 0.2) is 0 Å². The Labute approximate surface area is 124 Å². The second-order valence-electron chi connectivity index (χ2n) is 5.84. The van der Waals surface area contributed by atoms with Crippen molar-refractivity contribution in [3.63, 3.8) is 0 Å². The van der Waals surface area contributed by atoms with Crippen molar-refractivity contribution < 1.29 is 19.1 Å². The lowest BCUT2D eigenvalue weighted by molar-refractivity contribution is 0.0230. The van der Waals surface area contributed by atoms with Crippen molar-refractivity contribution >= 4 is 12.1 Å². The van der Waals surface area contributed by atoms with Gasteiger partial charge in [-0.05, 0) is 33.8 Å². The standard InChI is InChI=1S/C14H23N3O4/c1-9(16(5)13(19)21-14(2,3)4)10-8-11(12(18)20-7)17(6)15-10/h8-9H,1-7H3. The van der Waals surface area contributed by atoms with Crippen LogP contribution in [0.1, 0.15) is 49.9 Å². The predicted molar refractivity (Wildman–Crippen MR) is 77.0 cm³/mol. The Hall–Kier alpha value is -2.05. The number of carbonyl (C=O) groups excluding carboxylic acids is 2. The molecular formula is C14H23N3O4. The number of rotatable bonds is 3. The fourth-order valence-corrected chi connectivity index (χ4v) is 1.68. The van der Waals surface area contributed by atoms with E-state index in [1.54, 1.807) is 40.9 Å². The van der Waals surface area contributed by atoms with Gasteiger partial charge in [0, 0.05) is 14.1 Å². The normalized spacial score (nSPS) is 12.7. The fraction of sp³-hybridized carbons (Fsp3) is 0.643.